The molecule has 0 radical (unpaired) electrons. The molecule has 2 rings (SSSR count). The third kappa shape index (κ3) is 3.84. The van der Waals surface area contributed by atoms with E-state index in [-0.39, 0.29) is 6.04 Å². The molecule has 0 heterocycles. The number of aryl methyl sites for hydroxylation is 2. The highest BCUT2D eigenvalue weighted by molar-refractivity contribution is 5.29. The molecule has 0 spiro atoms. The van der Waals surface area contributed by atoms with Gasteiger partial charge in [-0.15, -0.1) is 0 Å². The average Bonchev–Trinajstić information content (AvgIpc) is 2.53. The van der Waals surface area contributed by atoms with Gasteiger partial charge in [0, 0.05) is 6.04 Å². The van der Waals surface area contributed by atoms with Crippen LogP contribution in [0.4, 0.5) is 0 Å². The second kappa shape index (κ2) is 7.11. The largest absolute Gasteiger partial charge is 0.497 e. The van der Waals surface area contributed by atoms with Crippen LogP contribution in [0.3, 0.4) is 0 Å². The topological polar surface area (TPSA) is 35.2 Å². The molecule has 2 heteroatoms. The molecule has 1 unspecified atom stereocenters. The quantitative estimate of drug-likeness (QED) is 0.863. The number of rotatable bonds is 6. The van der Waals surface area contributed by atoms with Gasteiger partial charge in [-0.2, -0.15) is 0 Å². The standard InChI is InChI=1S/C18H23NO/c1-3-14-7-10-16(11-8-14)18(19)12-9-15-5-4-6-17(13-15)20-2/h4-8,10-11,13,18H,3,9,12,19H2,1-2H3. The Labute approximate surface area is 121 Å². The van der Waals surface area contributed by atoms with Gasteiger partial charge in [-0.1, -0.05) is 43.3 Å². The van der Waals surface area contributed by atoms with Crippen molar-refractivity contribution in [1.82, 2.24) is 0 Å². The minimum absolute atomic E-state index is 0.0899. The number of hydrogen-bond donors (Lipinski definition) is 1. The van der Waals surface area contributed by atoms with E-state index in [0.717, 1.165) is 25.0 Å². The lowest BCUT2D eigenvalue weighted by Gasteiger charge is -2.13. The van der Waals surface area contributed by atoms with Gasteiger partial charge in [-0.3, -0.25) is 0 Å². The highest BCUT2D eigenvalue weighted by Crippen LogP contribution is 2.20. The van der Waals surface area contributed by atoms with Crippen LogP contribution in [0.25, 0.3) is 0 Å². The fraction of sp³-hybridized carbons (Fsp3) is 0.333. The van der Waals surface area contributed by atoms with Gasteiger partial charge in [0.2, 0.25) is 0 Å². The van der Waals surface area contributed by atoms with Crippen LogP contribution in [-0.2, 0) is 12.8 Å². The van der Waals surface area contributed by atoms with Crippen LogP contribution >= 0.6 is 0 Å². The summed E-state index contributed by atoms with van der Waals surface area (Å²) in [5.74, 6) is 0.906. The van der Waals surface area contributed by atoms with Gasteiger partial charge < -0.3 is 10.5 Å². The number of hydrogen-bond acceptors (Lipinski definition) is 2. The van der Waals surface area contributed by atoms with E-state index in [9.17, 15) is 0 Å². The van der Waals surface area contributed by atoms with E-state index in [1.165, 1.54) is 16.7 Å². The summed E-state index contributed by atoms with van der Waals surface area (Å²) in [7, 11) is 1.69. The molecule has 0 fully saturated rings. The number of nitrogens with two attached hydrogens (primary N) is 1. The maximum atomic E-state index is 6.27. The van der Waals surface area contributed by atoms with Gasteiger partial charge >= 0.3 is 0 Å². The lowest BCUT2D eigenvalue weighted by Crippen LogP contribution is -2.11. The average molecular weight is 269 g/mol. The van der Waals surface area contributed by atoms with E-state index < -0.39 is 0 Å². The molecule has 2 nitrogen and oxygen atoms in total. The first-order chi connectivity index (χ1) is 9.72. The van der Waals surface area contributed by atoms with E-state index in [1.54, 1.807) is 7.11 Å². The smallest absolute Gasteiger partial charge is 0.119 e. The fourth-order valence-corrected chi connectivity index (χ4v) is 2.32. The maximum Gasteiger partial charge on any atom is 0.119 e. The Morgan fingerprint density at radius 1 is 1.05 bits per heavy atom. The molecule has 106 valence electrons. The van der Waals surface area contributed by atoms with Gasteiger partial charge in [0.25, 0.3) is 0 Å². The molecule has 2 aromatic carbocycles. The molecular weight excluding hydrogens is 246 g/mol. The molecule has 2 aromatic rings. The summed E-state index contributed by atoms with van der Waals surface area (Å²) in [4.78, 5) is 0. The van der Waals surface area contributed by atoms with Crippen LogP contribution in [0.2, 0.25) is 0 Å². The van der Waals surface area contributed by atoms with Crippen LogP contribution in [0, 0.1) is 0 Å². The van der Waals surface area contributed by atoms with Crippen molar-refractivity contribution >= 4 is 0 Å². The molecule has 2 N–H and O–H groups in total. The summed E-state index contributed by atoms with van der Waals surface area (Å²) in [5.41, 5.74) is 10.1. The van der Waals surface area contributed by atoms with E-state index in [4.69, 9.17) is 10.5 Å². The number of benzene rings is 2. The van der Waals surface area contributed by atoms with E-state index in [1.807, 2.05) is 12.1 Å². The fourth-order valence-electron chi connectivity index (χ4n) is 2.32. The molecule has 0 amide bonds. The van der Waals surface area contributed by atoms with Crippen LogP contribution < -0.4 is 10.5 Å². The Morgan fingerprint density at radius 3 is 2.45 bits per heavy atom. The predicted octanol–water partition coefficient (Wildman–Crippen LogP) is 3.89. The molecule has 0 saturated heterocycles. The Balaban J connectivity index is 1.95. The van der Waals surface area contributed by atoms with Crippen LogP contribution in [-0.4, -0.2) is 7.11 Å². The molecule has 0 aliphatic rings. The number of methoxy groups -OCH3 is 1. The van der Waals surface area contributed by atoms with Crippen molar-refractivity contribution in [2.45, 2.75) is 32.2 Å². The Hall–Kier alpha value is -1.80. The summed E-state index contributed by atoms with van der Waals surface area (Å²) in [5, 5.41) is 0. The van der Waals surface area contributed by atoms with Crippen molar-refractivity contribution in [3.05, 3.63) is 65.2 Å². The zero-order valence-electron chi connectivity index (χ0n) is 12.3. The van der Waals surface area contributed by atoms with E-state index >= 15 is 0 Å². The van der Waals surface area contributed by atoms with Crippen LogP contribution in [0.5, 0.6) is 5.75 Å². The predicted molar refractivity (Wildman–Crippen MR) is 84.1 cm³/mol. The van der Waals surface area contributed by atoms with Crippen molar-refractivity contribution in [2.75, 3.05) is 7.11 Å². The third-order valence-electron chi connectivity index (χ3n) is 3.69. The molecule has 0 aliphatic carbocycles. The SMILES string of the molecule is CCc1ccc(C(N)CCc2cccc(OC)c2)cc1. The highest BCUT2D eigenvalue weighted by atomic mass is 16.5. The number of ether oxygens (including phenoxy) is 1. The molecule has 20 heavy (non-hydrogen) atoms. The minimum Gasteiger partial charge on any atom is -0.497 e. The van der Waals surface area contributed by atoms with Gasteiger partial charge in [0.1, 0.15) is 5.75 Å². The molecule has 0 bridgehead atoms. The van der Waals surface area contributed by atoms with Gasteiger partial charge in [-0.05, 0) is 48.1 Å². The minimum atomic E-state index is 0.0899. The van der Waals surface area contributed by atoms with E-state index in [2.05, 4.69) is 43.3 Å². The molecule has 0 aromatic heterocycles. The summed E-state index contributed by atoms with van der Waals surface area (Å²) >= 11 is 0. The zero-order chi connectivity index (χ0) is 14.4. The van der Waals surface area contributed by atoms with Crippen molar-refractivity contribution < 1.29 is 4.74 Å². The highest BCUT2D eigenvalue weighted by Gasteiger charge is 2.06. The van der Waals surface area contributed by atoms with Crippen molar-refractivity contribution in [1.29, 1.82) is 0 Å². The first-order valence-electron chi connectivity index (χ1n) is 7.20. The molecule has 1 atom stereocenters. The van der Waals surface area contributed by atoms with Crippen molar-refractivity contribution in [3.63, 3.8) is 0 Å². The Kier molecular flexibility index (Phi) is 5.19. The van der Waals surface area contributed by atoms with Gasteiger partial charge in [0.15, 0.2) is 0 Å². The molecular formula is C18H23NO. The Morgan fingerprint density at radius 2 is 1.80 bits per heavy atom. The molecule has 0 aliphatic heterocycles. The van der Waals surface area contributed by atoms with Crippen LogP contribution in [0.15, 0.2) is 48.5 Å². The monoisotopic (exact) mass is 269 g/mol. The van der Waals surface area contributed by atoms with Crippen molar-refractivity contribution in [2.24, 2.45) is 5.73 Å². The Bertz CT molecular complexity index is 533. The zero-order valence-corrected chi connectivity index (χ0v) is 12.3. The summed E-state index contributed by atoms with van der Waals surface area (Å²) in [6.07, 6.45) is 2.98. The van der Waals surface area contributed by atoms with Crippen molar-refractivity contribution in [3.8, 4) is 5.75 Å². The van der Waals surface area contributed by atoms with Gasteiger partial charge in [0.05, 0.1) is 7.11 Å². The lowest BCUT2D eigenvalue weighted by molar-refractivity contribution is 0.414. The normalized spacial score (nSPS) is 12.2. The summed E-state index contributed by atoms with van der Waals surface area (Å²) in [6, 6.07) is 16.9. The second-order valence-electron chi connectivity index (χ2n) is 5.09. The first kappa shape index (κ1) is 14.6. The second-order valence-corrected chi connectivity index (χ2v) is 5.09. The van der Waals surface area contributed by atoms with E-state index in [0.29, 0.717) is 0 Å². The lowest BCUT2D eigenvalue weighted by atomic mass is 9.98. The summed E-state index contributed by atoms with van der Waals surface area (Å²) < 4.78 is 5.24. The van der Waals surface area contributed by atoms with Gasteiger partial charge in [-0.25, -0.2) is 0 Å². The third-order valence-corrected chi connectivity index (χ3v) is 3.69. The van der Waals surface area contributed by atoms with Crippen LogP contribution in [0.1, 0.15) is 36.1 Å². The molecule has 0 saturated carbocycles. The maximum absolute atomic E-state index is 6.27. The summed E-state index contributed by atoms with van der Waals surface area (Å²) in [6.45, 7) is 2.16. The first-order valence-corrected chi connectivity index (χ1v) is 7.20.